The molecule has 2 bridgehead atoms. The van der Waals surface area contributed by atoms with Crippen LogP contribution in [0.1, 0.15) is 39.2 Å². The molecule has 0 spiro atoms. The highest BCUT2D eigenvalue weighted by Gasteiger charge is 2.68. The topological polar surface area (TPSA) is 92.0 Å². The zero-order chi connectivity index (χ0) is 22.2. The molecule has 1 aromatic carbocycles. The molecule has 0 radical (unpaired) electrons. The normalized spacial score (nSPS) is 32.7. The Hall–Kier alpha value is -1.45. The Labute approximate surface area is 185 Å². The molecule has 31 heavy (non-hydrogen) atoms. The van der Waals surface area contributed by atoms with Crippen molar-refractivity contribution in [2.24, 2.45) is 23.0 Å². The Balaban J connectivity index is 1.44. The van der Waals surface area contributed by atoms with Gasteiger partial charge in [0.1, 0.15) is 6.04 Å². The van der Waals surface area contributed by atoms with Gasteiger partial charge in [-0.15, -0.1) is 0 Å². The smallest absolute Gasteiger partial charge is 0.404 e. The number of carbonyl (C=O) groups excluding carboxylic acids is 1. The first-order valence-corrected chi connectivity index (χ1v) is 11.3. The largest absolute Gasteiger partial charge is 0.484 e. The second-order valence-corrected chi connectivity index (χ2v) is 10.0. The van der Waals surface area contributed by atoms with Gasteiger partial charge in [0, 0.05) is 7.11 Å². The number of hydrogen-bond acceptors (Lipinski definition) is 6. The molecular weight excluding hydrogens is 395 g/mol. The highest BCUT2D eigenvalue weighted by Crippen LogP contribution is 2.65. The first-order valence-electron chi connectivity index (χ1n) is 11.3. The van der Waals surface area contributed by atoms with Crippen molar-refractivity contribution < 1.29 is 23.6 Å². The quantitative estimate of drug-likeness (QED) is 0.582. The van der Waals surface area contributed by atoms with Gasteiger partial charge in [0.2, 0.25) is 5.91 Å². The number of nitrogens with one attached hydrogen (secondary N) is 1. The summed E-state index contributed by atoms with van der Waals surface area (Å²) in [7, 11) is 0.954. The highest BCUT2D eigenvalue weighted by atomic mass is 16.7. The average Bonchev–Trinajstić information content (AvgIpc) is 3.10. The van der Waals surface area contributed by atoms with Crippen molar-refractivity contribution in [1.82, 2.24) is 5.32 Å². The summed E-state index contributed by atoms with van der Waals surface area (Å²) in [5.74, 6) is 0.357. The van der Waals surface area contributed by atoms with E-state index in [2.05, 4.69) is 26.1 Å². The summed E-state index contributed by atoms with van der Waals surface area (Å²) in [5, 5.41) is 2.99. The summed E-state index contributed by atoms with van der Waals surface area (Å²) in [6, 6.07) is 9.19. The molecule has 1 saturated heterocycles. The van der Waals surface area contributed by atoms with Crippen LogP contribution in [0.5, 0.6) is 0 Å². The molecule has 6 atom stereocenters. The van der Waals surface area contributed by atoms with Crippen molar-refractivity contribution in [3.05, 3.63) is 35.9 Å². The minimum absolute atomic E-state index is 0.0375. The van der Waals surface area contributed by atoms with Crippen LogP contribution >= 0.6 is 0 Å². The van der Waals surface area contributed by atoms with Crippen LogP contribution in [0.25, 0.3) is 0 Å². The molecule has 1 amide bonds. The van der Waals surface area contributed by atoms with Crippen molar-refractivity contribution in [3.63, 3.8) is 0 Å². The summed E-state index contributed by atoms with van der Waals surface area (Å²) >= 11 is 0. The highest BCUT2D eigenvalue weighted by molar-refractivity contribution is 6.48. The summed E-state index contributed by atoms with van der Waals surface area (Å²) in [4.78, 5) is 12.6. The summed E-state index contributed by atoms with van der Waals surface area (Å²) in [6.07, 6.45) is 2.21. The van der Waals surface area contributed by atoms with Crippen LogP contribution in [0.3, 0.4) is 0 Å². The van der Waals surface area contributed by atoms with Crippen molar-refractivity contribution in [3.8, 4) is 0 Å². The van der Waals surface area contributed by atoms with Crippen LogP contribution in [0, 0.1) is 17.3 Å². The molecule has 0 aromatic heterocycles. The summed E-state index contributed by atoms with van der Waals surface area (Å²) in [6.45, 7) is 7.69. The number of hydrogen-bond donors (Lipinski definition) is 2. The van der Waals surface area contributed by atoms with E-state index in [1.807, 2.05) is 30.3 Å². The fourth-order valence-electron chi connectivity index (χ4n) is 5.68. The van der Waals surface area contributed by atoms with Crippen LogP contribution in [-0.4, -0.2) is 57.0 Å². The van der Waals surface area contributed by atoms with E-state index >= 15 is 0 Å². The van der Waals surface area contributed by atoms with Gasteiger partial charge in [0.15, 0.2) is 0 Å². The molecule has 3 aliphatic carbocycles. The number of carbonyl (C=O) groups is 1. The first-order chi connectivity index (χ1) is 14.8. The Morgan fingerprint density at radius 2 is 2.00 bits per heavy atom. The average molecular weight is 430 g/mol. The van der Waals surface area contributed by atoms with Crippen molar-refractivity contribution in [2.75, 3.05) is 20.3 Å². The van der Waals surface area contributed by atoms with E-state index < -0.39 is 19.1 Å². The zero-order valence-corrected chi connectivity index (χ0v) is 19.0. The van der Waals surface area contributed by atoms with E-state index in [0.717, 1.165) is 12.0 Å². The van der Waals surface area contributed by atoms with Crippen LogP contribution in [0.4, 0.5) is 0 Å². The number of ether oxygens (including phenoxy) is 2. The second-order valence-electron chi connectivity index (χ2n) is 10.0. The van der Waals surface area contributed by atoms with Crippen LogP contribution in [-0.2, 0) is 30.2 Å². The Kier molecular flexibility index (Phi) is 6.48. The van der Waals surface area contributed by atoms with Gasteiger partial charge in [-0.25, -0.2) is 0 Å². The number of rotatable bonds is 9. The molecule has 4 aliphatic rings. The van der Waals surface area contributed by atoms with Gasteiger partial charge >= 0.3 is 7.12 Å². The standard InChI is InChI=1S/C23H35BN2O5/c1-22(2)16-10-18(22)23(3)19(11-16)30-24(31-23)20(26-21(27)17(25)13-28-4)14-29-12-15-8-6-5-7-9-15/h5-9,16-20H,10-14,25H2,1-4H3,(H,26,27)/t16-,17+,18-,19+,20-,23-/m0/s1. The SMILES string of the molecule is COC[C@@H](N)C(=O)N[C@@H](COCc1ccccc1)B1O[C@@H]2C[C@@H]3C[C@@H](C3(C)C)[C@]2(C)O1. The van der Waals surface area contributed by atoms with Gasteiger partial charge in [-0.2, -0.15) is 0 Å². The van der Waals surface area contributed by atoms with E-state index in [9.17, 15) is 4.79 Å². The molecule has 1 aliphatic heterocycles. The Morgan fingerprint density at radius 3 is 2.68 bits per heavy atom. The molecule has 170 valence electrons. The van der Waals surface area contributed by atoms with E-state index in [0.29, 0.717) is 18.4 Å². The maximum absolute atomic E-state index is 12.6. The Morgan fingerprint density at radius 1 is 1.26 bits per heavy atom. The third-order valence-corrected chi connectivity index (χ3v) is 7.72. The van der Waals surface area contributed by atoms with Crippen LogP contribution in [0.15, 0.2) is 30.3 Å². The van der Waals surface area contributed by atoms with E-state index in [1.165, 1.54) is 13.5 Å². The third-order valence-electron chi connectivity index (χ3n) is 7.72. The molecular formula is C23H35BN2O5. The van der Waals surface area contributed by atoms with Crippen molar-refractivity contribution in [1.29, 1.82) is 0 Å². The fraction of sp³-hybridized carbons (Fsp3) is 0.696. The van der Waals surface area contributed by atoms with Gasteiger partial charge < -0.3 is 29.8 Å². The van der Waals surface area contributed by atoms with Gasteiger partial charge in [0.05, 0.1) is 37.5 Å². The molecule has 4 fully saturated rings. The molecule has 0 unspecified atom stereocenters. The summed E-state index contributed by atoms with van der Waals surface area (Å²) < 4.78 is 23.9. The minimum Gasteiger partial charge on any atom is -0.404 e. The number of amides is 1. The van der Waals surface area contributed by atoms with Crippen LogP contribution < -0.4 is 11.1 Å². The van der Waals surface area contributed by atoms with Gasteiger partial charge in [0.25, 0.3) is 0 Å². The fourth-order valence-corrected chi connectivity index (χ4v) is 5.68. The van der Waals surface area contributed by atoms with Crippen molar-refractivity contribution in [2.45, 2.75) is 63.9 Å². The lowest BCUT2D eigenvalue weighted by Crippen LogP contribution is -2.65. The lowest BCUT2D eigenvalue weighted by Gasteiger charge is -2.64. The third kappa shape index (κ3) is 4.28. The molecule has 5 rings (SSSR count). The number of nitrogens with two attached hydrogens (primary N) is 1. The maximum Gasteiger partial charge on any atom is 0.484 e. The van der Waals surface area contributed by atoms with Crippen molar-refractivity contribution >= 4 is 13.0 Å². The molecule has 3 N–H and O–H groups in total. The summed E-state index contributed by atoms with van der Waals surface area (Å²) in [5.41, 5.74) is 6.92. The predicted molar refractivity (Wildman–Crippen MR) is 118 cm³/mol. The zero-order valence-electron chi connectivity index (χ0n) is 19.0. The lowest BCUT2D eigenvalue weighted by molar-refractivity contribution is -0.199. The molecule has 1 aromatic rings. The van der Waals surface area contributed by atoms with E-state index in [-0.39, 0.29) is 36.2 Å². The van der Waals surface area contributed by atoms with E-state index in [4.69, 9.17) is 24.5 Å². The number of benzene rings is 1. The van der Waals surface area contributed by atoms with E-state index in [1.54, 1.807) is 0 Å². The number of methoxy groups -OCH3 is 1. The predicted octanol–water partition coefficient (Wildman–Crippen LogP) is 1.93. The lowest BCUT2D eigenvalue weighted by atomic mass is 9.43. The van der Waals surface area contributed by atoms with Crippen LogP contribution in [0.2, 0.25) is 0 Å². The molecule has 8 heteroatoms. The molecule has 7 nitrogen and oxygen atoms in total. The minimum atomic E-state index is -0.757. The molecule has 3 saturated carbocycles. The maximum atomic E-state index is 12.6. The van der Waals surface area contributed by atoms with Gasteiger partial charge in [-0.3, -0.25) is 4.79 Å². The Bertz CT molecular complexity index is 778. The monoisotopic (exact) mass is 430 g/mol. The molecule has 1 heterocycles. The van der Waals surface area contributed by atoms with Gasteiger partial charge in [-0.1, -0.05) is 44.2 Å². The van der Waals surface area contributed by atoms with Gasteiger partial charge in [-0.05, 0) is 42.6 Å². The first kappa shape index (κ1) is 22.7. The second kappa shape index (κ2) is 8.83.